The van der Waals surface area contributed by atoms with Crippen LogP contribution in [0, 0.1) is 0 Å². The van der Waals surface area contributed by atoms with E-state index in [4.69, 9.17) is 25.8 Å². The third-order valence-corrected chi connectivity index (χ3v) is 4.46. The van der Waals surface area contributed by atoms with Gasteiger partial charge in [-0.2, -0.15) is 0 Å². The van der Waals surface area contributed by atoms with E-state index in [1.807, 2.05) is 6.08 Å². The fourth-order valence-corrected chi connectivity index (χ4v) is 3.46. The molecule has 3 saturated heterocycles. The van der Waals surface area contributed by atoms with Crippen LogP contribution >= 0.6 is 11.6 Å². The summed E-state index contributed by atoms with van der Waals surface area (Å²) in [6.07, 6.45) is 5.68. The van der Waals surface area contributed by atoms with Gasteiger partial charge in [-0.15, -0.1) is 18.2 Å². The van der Waals surface area contributed by atoms with E-state index in [9.17, 15) is 0 Å². The summed E-state index contributed by atoms with van der Waals surface area (Å²) in [4.78, 5) is 0. The molecule has 4 heteroatoms. The minimum atomic E-state index is 0.00585. The Morgan fingerprint density at radius 3 is 2.72 bits per heavy atom. The summed E-state index contributed by atoms with van der Waals surface area (Å²) < 4.78 is 17.8. The van der Waals surface area contributed by atoms with Crippen molar-refractivity contribution in [1.82, 2.24) is 0 Å². The molecule has 3 aliphatic heterocycles. The predicted octanol–water partition coefficient (Wildman–Crippen LogP) is 2.79. The lowest BCUT2D eigenvalue weighted by molar-refractivity contribution is -0.204. The van der Waals surface area contributed by atoms with Gasteiger partial charge in [0.2, 0.25) is 0 Å². The Morgan fingerprint density at radius 1 is 1.17 bits per heavy atom. The molecule has 0 radical (unpaired) electrons. The van der Waals surface area contributed by atoms with E-state index >= 15 is 0 Å². The Bertz CT molecular complexity index is 353. The zero-order valence-corrected chi connectivity index (χ0v) is 11.1. The molecule has 3 nitrogen and oxygen atoms in total. The van der Waals surface area contributed by atoms with Gasteiger partial charge in [-0.25, -0.2) is 0 Å². The fraction of sp³-hybridized carbons (Fsp3) is 0.714. The van der Waals surface area contributed by atoms with E-state index < -0.39 is 0 Å². The highest BCUT2D eigenvalue weighted by Gasteiger charge is 2.47. The summed E-state index contributed by atoms with van der Waals surface area (Å²) in [5.74, 6) is 0.828. The maximum atomic E-state index is 6.35. The van der Waals surface area contributed by atoms with Gasteiger partial charge in [0.25, 0.3) is 0 Å². The normalized spacial score (nSPS) is 47.1. The smallest absolute Gasteiger partial charge is 0.127 e. The Balaban J connectivity index is 1.68. The molecular formula is C14H19ClO3. The van der Waals surface area contributed by atoms with Crippen LogP contribution in [-0.4, -0.2) is 35.9 Å². The molecule has 0 aliphatic carbocycles. The monoisotopic (exact) mass is 270 g/mol. The fourth-order valence-electron chi connectivity index (χ4n) is 3.12. The predicted molar refractivity (Wildman–Crippen MR) is 69.6 cm³/mol. The van der Waals surface area contributed by atoms with Crippen molar-refractivity contribution in [2.24, 2.45) is 0 Å². The number of halogens is 1. The first-order valence-corrected chi connectivity index (χ1v) is 7.01. The molecule has 0 N–H and O–H groups in total. The van der Waals surface area contributed by atoms with E-state index in [1.165, 1.54) is 0 Å². The number of hydrogen-bond donors (Lipinski definition) is 0. The minimum absolute atomic E-state index is 0.00585. The summed E-state index contributed by atoms with van der Waals surface area (Å²) in [6, 6.07) is 0. The molecule has 0 aromatic rings. The molecule has 3 fully saturated rings. The molecule has 0 saturated carbocycles. The van der Waals surface area contributed by atoms with E-state index in [-0.39, 0.29) is 35.9 Å². The van der Waals surface area contributed by atoms with Gasteiger partial charge >= 0.3 is 0 Å². The maximum absolute atomic E-state index is 6.35. The van der Waals surface area contributed by atoms with Crippen LogP contribution in [0.4, 0.5) is 0 Å². The Labute approximate surface area is 113 Å². The molecule has 0 amide bonds. The average molecular weight is 271 g/mol. The van der Waals surface area contributed by atoms with Crippen LogP contribution in [-0.2, 0) is 14.2 Å². The lowest BCUT2D eigenvalue weighted by atomic mass is 9.90. The molecule has 0 bridgehead atoms. The molecule has 3 aliphatic rings. The van der Waals surface area contributed by atoms with E-state index in [0.29, 0.717) is 0 Å². The summed E-state index contributed by atoms with van der Waals surface area (Å²) >= 11 is 6.35. The number of rotatable bonds is 2. The van der Waals surface area contributed by atoms with Gasteiger partial charge < -0.3 is 14.2 Å². The van der Waals surface area contributed by atoms with Gasteiger partial charge in [0.15, 0.2) is 0 Å². The van der Waals surface area contributed by atoms with Crippen LogP contribution in [0.3, 0.4) is 0 Å². The first-order chi connectivity index (χ1) is 8.67. The van der Waals surface area contributed by atoms with Gasteiger partial charge in [-0.05, 0) is 12.8 Å². The molecule has 18 heavy (non-hydrogen) atoms. The number of hydrogen-bond acceptors (Lipinski definition) is 3. The standard InChI is InChI=1S/C14H19ClO3/c1-3-4-10-9(15)6-12-14(17-10)7-13-11(18-12)5-8(2)16-13/h3,9-14H,1-2,4-7H2/t9-,10-,11-,12+,13-,14+/m0/s1. The van der Waals surface area contributed by atoms with Crippen molar-refractivity contribution in [2.75, 3.05) is 0 Å². The maximum Gasteiger partial charge on any atom is 0.127 e. The van der Waals surface area contributed by atoms with Crippen LogP contribution < -0.4 is 0 Å². The molecule has 6 atom stereocenters. The van der Waals surface area contributed by atoms with E-state index in [2.05, 4.69) is 13.2 Å². The van der Waals surface area contributed by atoms with Gasteiger partial charge in [-0.3, -0.25) is 0 Å². The van der Waals surface area contributed by atoms with Crippen LogP contribution in [0.5, 0.6) is 0 Å². The molecule has 100 valence electrons. The molecule has 3 heterocycles. The van der Waals surface area contributed by atoms with E-state index in [0.717, 1.165) is 31.4 Å². The molecule has 0 unspecified atom stereocenters. The van der Waals surface area contributed by atoms with Crippen molar-refractivity contribution in [3.8, 4) is 0 Å². The zero-order valence-electron chi connectivity index (χ0n) is 10.4. The van der Waals surface area contributed by atoms with Crippen LogP contribution in [0.25, 0.3) is 0 Å². The van der Waals surface area contributed by atoms with Gasteiger partial charge in [0, 0.05) is 12.8 Å². The Hall–Kier alpha value is -0.510. The second-order valence-corrected chi connectivity index (χ2v) is 5.90. The van der Waals surface area contributed by atoms with Crippen molar-refractivity contribution >= 4 is 11.6 Å². The highest BCUT2D eigenvalue weighted by molar-refractivity contribution is 6.21. The number of alkyl halides is 1. The summed E-state index contributed by atoms with van der Waals surface area (Å²) in [5, 5.41) is 0.00585. The van der Waals surface area contributed by atoms with Crippen LogP contribution in [0.15, 0.2) is 25.0 Å². The SMILES string of the molecule is C=CC[C@@H]1O[C@@H]2C[C@@H]3OC(=C)C[C@@H]3O[C@@H]2C[C@@H]1Cl. The molecule has 3 rings (SSSR count). The third kappa shape index (κ3) is 2.20. The van der Waals surface area contributed by atoms with E-state index in [1.54, 1.807) is 0 Å². The lowest BCUT2D eigenvalue weighted by Crippen LogP contribution is -2.53. The first-order valence-electron chi connectivity index (χ1n) is 6.57. The zero-order chi connectivity index (χ0) is 12.7. The molecular weight excluding hydrogens is 252 g/mol. The van der Waals surface area contributed by atoms with Crippen molar-refractivity contribution in [3.63, 3.8) is 0 Å². The number of fused-ring (bicyclic) bond motifs is 2. The second-order valence-electron chi connectivity index (χ2n) is 5.34. The topological polar surface area (TPSA) is 27.7 Å². The van der Waals surface area contributed by atoms with Gasteiger partial charge in [-0.1, -0.05) is 12.7 Å². The lowest BCUT2D eigenvalue weighted by Gasteiger charge is -2.44. The molecule has 0 spiro atoms. The van der Waals surface area contributed by atoms with Crippen LogP contribution in [0.1, 0.15) is 25.7 Å². The summed E-state index contributed by atoms with van der Waals surface area (Å²) in [5.41, 5.74) is 0. The van der Waals surface area contributed by atoms with Crippen LogP contribution in [0.2, 0.25) is 0 Å². The highest BCUT2D eigenvalue weighted by atomic mass is 35.5. The summed E-state index contributed by atoms with van der Waals surface area (Å²) in [7, 11) is 0. The largest absolute Gasteiger partial charge is 0.492 e. The van der Waals surface area contributed by atoms with Gasteiger partial charge in [0.05, 0.1) is 29.4 Å². The van der Waals surface area contributed by atoms with Crippen molar-refractivity contribution in [2.45, 2.75) is 61.6 Å². The average Bonchev–Trinajstić information content (AvgIpc) is 2.67. The van der Waals surface area contributed by atoms with Gasteiger partial charge in [0.1, 0.15) is 12.2 Å². The van der Waals surface area contributed by atoms with Crippen molar-refractivity contribution in [3.05, 3.63) is 25.0 Å². The second kappa shape index (κ2) is 4.87. The Morgan fingerprint density at radius 2 is 1.94 bits per heavy atom. The van der Waals surface area contributed by atoms with Crippen molar-refractivity contribution < 1.29 is 14.2 Å². The Kier molecular flexibility index (Phi) is 3.39. The minimum Gasteiger partial charge on any atom is -0.492 e. The van der Waals surface area contributed by atoms with Crippen molar-refractivity contribution in [1.29, 1.82) is 0 Å². The third-order valence-electron chi connectivity index (χ3n) is 4.00. The number of ether oxygens (including phenoxy) is 3. The molecule has 0 aromatic carbocycles. The quantitative estimate of drug-likeness (QED) is 0.570. The first kappa shape index (κ1) is 12.5. The summed E-state index contributed by atoms with van der Waals surface area (Å²) in [6.45, 7) is 7.62. The highest BCUT2D eigenvalue weighted by Crippen LogP contribution is 2.40. The molecule has 0 aromatic heterocycles.